The molecule has 0 aromatic heterocycles. The molecule has 3 N–H and O–H groups in total. The van der Waals surface area contributed by atoms with Crippen molar-refractivity contribution < 1.29 is 9.59 Å². The van der Waals surface area contributed by atoms with Gasteiger partial charge in [-0.1, -0.05) is 49.8 Å². The molecule has 2 rings (SSSR count). The van der Waals surface area contributed by atoms with Crippen LogP contribution in [0.5, 0.6) is 0 Å². The molecule has 5 nitrogen and oxygen atoms in total. The van der Waals surface area contributed by atoms with Gasteiger partial charge in [0.25, 0.3) is 5.91 Å². The van der Waals surface area contributed by atoms with Crippen molar-refractivity contribution in [3.8, 4) is 0 Å². The highest BCUT2D eigenvalue weighted by Crippen LogP contribution is 2.27. The number of carbonyl (C=O) groups excluding carboxylic acids is 2. The van der Waals surface area contributed by atoms with Gasteiger partial charge < -0.3 is 5.32 Å². The van der Waals surface area contributed by atoms with Gasteiger partial charge in [0.15, 0.2) is 0 Å². The summed E-state index contributed by atoms with van der Waals surface area (Å²) >= 11 is 0. The van der Waals surface area contributed by atoms with Crippen molar-refractivity contribution in [2.45, 2.75) is 65.2 Å². The molecule has 0 saturated heterocycles. The van der Waals surface area contributed by atoms with E-state index in [4.69, 9.17) is 0 Å². The van der Waals surface area contributed by atoms with Crippen molar-refractivity contribution in [1.29, 1.82) is 0 Å². The summed E-state index contributed by atoms with van der Waals surface area (Å²) in [4.78, 5) is 23.6. The second-order valence-electron chi connectivity index (χ2n) is 7.16. The van der Waals surface area contributed by atoms with Gasteiger partial charge in [-0.25, -0.2) is 0 Å². The number of anilines is 1. The fourth-order valence-electron chi connectivity index (χ4n) is 3.46. The lowest BCUT2D eigenvalue weighted by Gasteiger charge is -2.21. The van der Waals surface area contributed by atoms with Crippen LogP contribution in [0.3, 0.4) is 0 Å². The minimum absolute atomic E-state index is 0.115. The van der Waals surface area contributed by atoms with Crippen molar-refractivity contribution in [2.24, 2.45) is 5.92 Å². The van der Waals surface area contributed by atoms with E-state index < -0.39 is 0 Å². The van der Waals surface area contributed by atoms with Gasteiger partial charge in [-0.15, -0.1) is 0 Å². The van der Waals surface area contributed by atoms with E-state index in [9.17, 15) is 9.59 Å². The summed E-state index contributed by atoms with van der Waals surface area (Å²) in [5, 5.41) is 3.09. The Kier molecular flexibility index (Phi) is 7.76. The Hall–Kier alpha value is -2.04. The van der Waals surface area contributed by atoms with Crippen LogP contribution >= 0.6 is 0 Å². The Morgan fingerprint density at radius 2 is 1.76 bits per heavy atom. The predicted octanol–water partition coefficient (Wildman–Crippen LogP) is 3.61. The van der Waals surface area contributed by atoms with Crippen LogP contribution < -0.4 is 16.2 Å². The van der Waals surface area contributed by atoms with Crippen LogP contribution in [0, 0.1) is 19.8 Å². The van der Waals surface area contributed by atoms with E-state index in [1.54, 1.807) is 0 Å². The largest absolute Gasteiger partial charge is 0.376 e. The number of hydrazine groups is 1. The predicted molar refractivity (Wildman–Crippen MR) is 101 cm³/mol. The van der Waals surface area contributed by atoms with Crippen molar-refractivity contribution >= 4 is 17.5 Å². The van der Waals surface area contributed by atoms with Gasteiger partial charge in [-0.05, 0) is 44.2 Å². The lowest BCUT2D eigenvalue weighted by Crippen LogP contribution is -2.44. The maximum atomic E-state index is 11.8. The van der Waals surface area contributed by atoms with Gasteiger partial charge in [0.1, 0.15) is 0 Å². The quantitative estimate of drug-likeness (QED) is 0.661. The summed E-state index contributed by atoms with van der Waals surface area (Å²) in [6.45, 7) is 4.17. The van der Waals surface area contributed by atoms with Gasteiger partial charge in [-0.3, -0.25) is 20.4 Å². The third kappa shape index (κ3) is 7.16. The van der Waals surface area contributed by atoms with E-state index in [0.29, 0.717) is 6.42 Å². The minimum Gasteiger partial charge on any atom is -0.376 e. The van der Waals surface area contributed by atoms with E-state index in [2.05, 4.69) is 22.2 Å². The van der Waals surface area contributed by atoms with Gasteiger partial charge >= 0.3 is 0 Å². The highest BCUT2D eigenvalue weighted by Gasteiger charge is 2.13. The third-order valence-corrected chi connectivity index (χ3v) is 4.90. The second-order valence-corrected chi connectivity index (χ2v) is 7.16. The van der Waals surface area contributed by atoms with Crippen molar-refractivity contribution in [3.63, 3.8) is 0 Å². The average molecular weight is 345 g/mol. The van der Waals surface area contributed by atoms with E-state index >= 15 is 0 Å². The molecule has 138 valence electrons. The summed E-state index contributed by atoms with van der Waals surface area (Å²) in [5.74, 6) is 0.425. The van der Waals surface area contributed by atoms with Gasteiger partial charge in [0.05, 0.1) is 6.54 Å². The molecule has 0 unspecified atom stereocenters. The Bertz CT molecular complexity index is 580. The van der Waals surface area contributed by atoms with Gasteiger partial charge in [0.2, 0.25) is 5.91 Å². The summed E-state index contributed by atoms with van der Waals surface area (Å²) in [6, 6.07) is 6.03. The highest BCUT2D eigenvalue weighted by molar-refractivity contribution is 5.84. The fraction of sp³-hybridized carbons (Fsp3) is 0.600. The zero-order chi connectivity index (χ0) is 18.1. The third-order valence-electron chi connectivity index (χ3n) is 4.90. The molecule has 0 heterocycles. The monoisotopic (exact) mass is 345 g/mol. The Labute approximate surface area is 150 Å². The van der Waals surface area contributed by atoms with Crippen molar-refractivity contribution in [2.75, 3.05) is 11.9 Å². The first-order valence-corrected chi connectivity index (χ1v) is 9.43. The molecule has 5 heteroatoms. The molecular formula is C20H31N3O2. The summed E-state index contributed by atoms with van der Waals surface area (Å²) in [6.07, 6.45) is 9.13. The number of hydrogen-bond donors (Lipinski definition) is 3. The molecule has 1 saturated carbocycles. The minimum atomic E-state index is -0.249. The molecule has 2 amide bonds. The van der Waals surface area contributed by atoms with E-state index in [1.807, 2.05) is 26.0 Å². The molecule has 1 aromatic rings. The maximum absolute atomic E-state index is 11.8. The number of amides is 2. The topological polar surface area (TPSA) is 70.2 Å². The van der Waals surface area contributed by atoms with Crippen LogP contribution in [0.2, 0.25) is 0 Å². The second kappa shape index (κ2) is 10.1. The van der Waals surface area contributed by atoms with Crippen molar-refractivity contribution in [3.05, 3.63) is 29.3 Å². The first-order valence-electron chi connectivity index (χ1n) is 9.43. The zero-order valence-electron chi connectivity index (χ0n) is 15.5. The normalized spacial score (nSPS) is 14.8. The zero-order valence-corrected chi connectivity index (χ0v) is 15.5. The van der Waals surface area contributed by atoms with Gasteiger partial charge in [0, 0.05) is 12.1 Å². The maximum Gasteiger partial charge on any atom is 0.257 e. The molecule has 0 atom stereocenters. The van der Waals surface area contributed by atoms with E-state index in [0.717, 1.165) is 30.0 Å². The SMILES string of the molecule is Cc1ccc(NCC(=O)NNC(=O)CCCC2CCCCC2)c(C)c1. The molecule has 25 heavy (non-hydrogen) atoms. The van der Waals surface area contributed by atoms with Crippen molar-refractivity contribution in [1.82, 2.24) is 10.9 Å². The smallest absolute Gasteiger partial charge is 0.257 e. The lowest BCUT2D eigenvalue weighted by atomic mass is 9.86. The first-order chi connectivity index (χ1) is 12.0. The molecule has 1 aliphatic carbocycles. The fourth-order valence-corrected chi connectivity index (χ4v) is 3.46. The standard InChI is InChI=1S/C20H31N3O2/c1-15-11-12-18(16(2)13-15)21-14-20(25)23-22-19(24)10-6-9-17-7-4-3-5-8-17/h11-13,17,21H,3-10,14H2,1-2H3,(H,22,24)(H,23,25). The highest BCUT2D eigenvalue weighted by atomic mass is 16.2. The molecular weight excluding hydrogens is 314 g/mol. The van der Waals surface area contributed by atoms with E-state index in [1.165, 1.54) is 37.7 Å². The van der Waals surface area contributed by atoms with Crippen LogP contribution in [0.4, 0.5) is 5.69 Å². The summed E-state index contributed by atoms with van der Waals surface area (Å²) in [7, 11) is 0. The van der Waals surface area contributed by atoms with E-state index in [-0.39, 0.29) is 18.4 Å². The molecule has 0 radical (unpaired) electrons. The first kappa shape index (κ1) is 19.3. The molecule has 1 aromatic carbocycles. The van der Waals surface area contributed by atoms with Crippen LogP contribution in [0.25, 0.3) is 0 Å². The number of aryl methyl sites for hydroxylation is 2. The number of carbonyl (C=O) groups is 2. The molecule has 1 aliphatic rings. The van der Waals surface area contributed by atoms with Crippen LogP contribution in [0.1, 0.15) is 62.5 Å². The Balaban J connectivity index is 1.58. The molecule has 1 fully saturated rings. The lowest BCUT2D eigenvalue weighted by molar-refractivity contribution is -0.128. The molecule has 0 aliphatic heterocycles. The number of rotatable bonds is 7. The summed E-state index contributed by atoms with van der Waals surface area (Å²) in [5.41, 5.74) is 8.19. The van der Waals surface area contributed by atoms with Crippen LogP contribution in [0.15, 0.2) is 18.2 Å². The summed E-state index contributed by atoms with van der Waals surface area (Å²) < 4.78 is 0. The number of nitrogens with one attached hydrogen (secondary N) is 3. The Morgan fingerprint density at radius 1 is 1.04 bits per heavy atom. The van der Waals surface area contributed by atoms with Crippen LogP contribution in [-0.2, 0) is 9.59 Å². The molecule has 0 spiro atoms. The van der Waals surface area contributed by atoms with Crippen LogP contribution in [-0.4, -0.2) is 18.4 Å². The Morgan fingerprint density at radius 3 is 2.48 bits per heavy atom. The number of benzene rings is 1. The molecule has 0 bridgehead atoms. The number of hydrogen-bond acceptors (Lipinski definition) is 3. The van der Waals surface area contributed by atoms with Gasteiger partial charge in [-0.2, -0.15) is 0 Å². The average Bonchev–Trinajstić information content (AvgIpc) is 2.60.